The maximum atomic E-state index is 12.9. The van der Waals surface area contributed by atoms with Gasteiger partial charge >= 0.3 is 0 Å². The molecule has 1 atom stereocenters. The fourth-order valence-electron chi connectivity index (χ4n) is 3.98. The maximum Gasteiger partial charge on any atom is 0.240 e. The molecule has 1 N–H and O–H groups in total. The van der Waals surface area contributed by atoms with E-state index in [0.717, 1.165) is 36.1 Å². The predicted molar refractivity (Wildman–Crippen MR) is 116 cm³/mol. The van der Waals surface area contributed by atoms with E-state index in [1.165, 1.54) is 11.3 Å². The van der Waals surface area contributed by atoms with Gasteiger partial charge in [-0.15, -0.1) is 0 Å². The molecule has 1 aliphatic rings. The Labute approximate surface area is 169 Å². The summed E-state index contributed by atoms with van der Waals surface area (Å²) in [5, 5.41) is 0. The molecule has 0 bridgehead atoms. The smallest absolute Gasteiger partial charge is 0.240 e. The number of benzene rings is 2. The molecule has 5 nitrogen and oxygen atoms in total. The number of sulfonamides is 1. The van der Waals surface area contributed by atoms with Crippen LogP contribution in [0.4, 0.5) is 5.69 Å². The average Bonchev–Trinajstić information content (AvgIpc) is 2.61. The van der Waals surface area contributed by atoms with Crippen LogP contribution >= 0.6 is 0 Å². The third-order valence-electron chi connectivity index (χ3n) is 5.55. The fourth-order valence-corrected chi connectivity index (χ4v) is 5.24. The quantitative estimate of drug-likeness (QED) is 0.807. The number of anilines is 1. The van der Waals surface area contributed by atoms with E-state index in [1.807, 2.05) is 40.1 Å². The van der Waals surface area contributed by atoms with Crippen molar-refractivity contribution in [3.8, 4) is 0 Å². The molecule has 0 radical (unpaired) electrons. The molecule has 0 fully saturated rings. The molecular weight excluding hydrogens is 370 g/mol. The molecule has 3 rings (SSSR count). The third kappa shape index (κ3) is 4.40. The summed E-state index contributed by atoms with van der Waals surface area (Å²) in [6.07, 6.45) is 2.22. The van der Waals surface area contributed by atoms with Crippen molar-refractivity contribution in [1.82, 2.24) is 9.62 Å². The minimum atomic E-state index is -3.56. The maximum absolute atomic E-state index is 12.9. The molecule has 0 saturated carbocycles. The van der Waals surface area contributed by atoms with Gasteiger partial charge in [-0.2, -0.15) is 0 Å². The molecular formula is C22H31N3O2S. The lowest BCUT2D eigenvalue weighted by Gasteiger charge is -2.30. The normalized spacial score (nSPS) is 15.6. The highest BCUT2D eigenvalue weighted by Crippen LogP contribution is 2.30. The van der Waals surface area contributed by atoms with E-state index in [1.54, 1.807) is 6.07 Å². The van der Waals surface area contributed by atoms with Crippen LogP contribution in [0.5, 0.6) is 0 Å². The predicted octanol–water partition coefficient (Wildman–Crippen LogP) is 3.27. The van der Waals surface area contributed by atoms with Crippen molar-refractivity contribution in [1.29, 1.82) is 0 Å². The van der Waals surface area contributed by atoms with Gasteiger partial charge in [0.1, 0.15) is 0 Å². The largest absolute Gasteiger partial charge is 0.374 e. The van der Waals surface area contributed by atoms with E-state index in [0.29, 0.717) is 11.4 Å². The molecule has 1 heterocycles. The molecule has 28 heavy (non-hydrogen) atoms. The first-order chi connectivity index (χ1) is 13.2. The minimum absolute atomic E-state index is 0.0296. The summed E-state index contributed by atoms with van der Waals surface area (Å²) >= 11 is 0. The number of likely N-dealkylation sites (N-methyl/N-ethyl adjacent to an activating group) is 1. The highest BCUT2D eigenvalue weighted by atomic mass is 32.2. The van der Waals surface area contributed by atoms with Crippen LogP contribution in [0.3, 0.4) is 0 Å². The van der Waals surface area contributed by atoms with Gasteiger partial charge < -0.3 is 9.80 Å². The highest BCUT2D eigenvalue weighted by Gasteiger charge is 2.23. The number of rotatable bonds is 6. The topological polar surface area (TPSA) is 52.7 Å². The van der Waals surface area contributed by atoms with Crippen molar-refractivity contribution in [3.05, 3.63) is 58.7 Å². The number of nitrogens with zero attached hydrogens (tertiary/aromatic N) is 2. The molecule has 2 aromatic carbocycles. The lowest BCUT2D eigenvalue weighted by molar-refractivity contribution is 0.299. The summed E-state index contributed by atoms with van der Waals surface area (Å²) in [5.74, 6) is 0. The zero-order chi connectivity index (χ0) is 20.5. The first kappa shape index (κ1) is 20.8. The molecule has 6 heteroatoms. The monoisotopic (exact) mass is 401 g/mol. The first-order valence-corrected chi connectivity index (χ1v) is 11.2. The zero-order valence-corrected chi connectivity index (χ0v) is 18.3. The lowest BCUT2D eigenvalue weighted by atomic mass is 9.96. The van der Waals surface area contributed by atoms with E-state index in [-0.39, 0.29) is 6.04 Å². The fraction of sp³-hybridized carbons (Fsp3) is 0.455. The third-order valence-corrected chi connectivity index (χ3v) is 7.13. The van der Waals surface area contributed by atoms with Crippen LogP contribution in [0.2, 0.25) is 0 Å². The SMILES string of the molecule is Cc1ccc(S(=O)(=O)NC[C@H](c2ccc3c(c2)CCCN3C)N(C)C)c(C)c1. The number of hydrogen-bond donors (Lipinski definition) is 1. The Morgan fingerprint density at radius 2 is 1.89 bits per heavy atom. The van der Waals surface area contributed by atoms with E-state index in [9.17, 15) is 8.42 Å². The van der Waals surface area contributed by atoms with Crippen LogP contribution in [0, 0.1) is 13.8 Å². The van der Waals surface area contributed by atoms with Crippen molar-refractivity contribution in [3.63, 3.8) is 0 Å². The Balaban J connectivity index is 1.82. The van der Waals surface area contributed by atoms with Gasteiger partial charge in [-0.3, -0.25) is 0 Å². The van der Waals surface area contributed by atoms with E-state index in [4.69, 9.17) is 0 Å². The van der Waals surface area contributed by atoms with Gasteiger partial charge in [-0.25, -0.2) is 13.1 Å². The lowest BCUT2D eigenvalue weighted by Crippen LogP contribution is -2.35. The molecule has 2 aromatic rings. The van der Waals surface area contributed by atoms with Gasteiger partial charge in [0, 0.05) is 31.9 Å². The Bertz CT molecular complexity index is 954. The summed E-state index contributed by atoms with van der Waals surface area (Å²) < 4.78 is 28.5. The Kier molecular flexibility index (Phi) is 6.12. The van der Waals surface area contributed by atoms with Gasteiger partial charge in [-0.05, 0) is 69.6 Å². The van der Waals surface area contributed by atoms with Gasteiger partial charge in [0.2, 0.25) is 10.0 Å². The van der Waals surface area contributed by atoms with Crippen LogP contribution in [0.1, 0.15) is 34.7 Å². The standard InChI is InChI=1S/C22H31N3O2S/c1-16-8-11-22(17(2)13-16)28(26,27)23-15-21(24(3)4)19-9-10-20-18(14-19)7-6-12-25(20)5/h8-11,13-14,21,23H,6-7,12,15H2,1-5H3/t21-/m1/s1. The van der Waals surface area contributed by atoms with E-state index >= 15 is 0 Å². The van der Waals surface area contributed by atoms with Crippen molar-refractivity contribution in [2.24, 2.45) is 0 Å². The second-order valence-electron chi connectivity index (χ2n) is 8.01. The second kappa shape index (κ2) is 8.23. The number of aryl methyl sites for hydroxylation is 3. The first-order valence-electron chi connectivity index (χ1n) is 9.76. The van der Waals surface area contributed by atoms with Crippen molar-refractivity contribution >= 4 is 15.7 Å². The number of fused-ring (bicyclic) bond motifs is 1. The number of nitrogens with one attached hydrogen (secondary N) is 1. The van der Waals surface area contributed by atoms with E-state index < -0.39 is 10.0 Å². The summed E-state index contributed by atoms with van der Waals surface area (Å²) in [6.45, 7) is 5.22. The molecule has 1 aliphatic heterocycles. The number of hydrogen-bond acceptors (Lipinski definition) is 4. The summed E-state index contributed by atoms with van der Waals surface area (Å²) in [5.41, 5.74) is 5.59. The van der Waals surface area contributed by atoms with Crippen LogP contribution in [-0.2, 0) is 16.4 Å². The van der Waals surface area contributed by atoms with Crippen molar-refractivity contribution in [2.45, 2.75) is 37.6 Å². The van der Waals surface area contributed by atoms with Gasteiger partial charge in [0.05, 0.1) is 4.90 Å². The molecule has 0 aliphatic carbocycles. The Morgan fingerprint density at radius 3 is 2.57 bits per heavy atom. The molecule has 0 spiro atoms. The van der Waals surface area contributed by atoms with Crippen LogP contribution < -0.4 is 9.62 Å². The summed E-state index contributed by atoms with van der Waals surface area (Å²) in [4.78, 5) is 4.71. The van der Waals surface area contributed by atoms with E-state index in [2.05, 4.69) is 39.8 Å². The molecule has 0 unspecified atom stereocenters. The summed E-state index contributed by atoms with van der Waals surface area (Å²) in [6, 6.07) is 11.9. The zero-order valence-electron chi connectivity index (χ0n) is 17.5. The molecule has 152 valence electrons. The highest BCUT2D eigenvalue weighted by molar-refractivity contribution is 7.89. The summed E-state index contributed by atoms with van der Waals surface area (Å²) in [7, 11) is 2.54. The second-order valence-corrected chi connectivity index (χ2v) is 9.75. The van der Waals surface area contributed by atoms with Crippen LogP contribution in [0.25, 0.3) is 0 Å². The van der Waals surface area contributed by atoms with Crippen LogP contribution in [-0.4, -0.2) is 47.6 Å². The molecule has 0 aromatic heterocycles. The van der Waals surface area contributed by atoms with Crippen LogP contribution in [0.15, 0.2) is 41.3 Å². The van der Waals surface area contributed by atoms with Gasteiger partial charge in [-0.1, -0.05) is 29.8 Å². The van der Waals surface area contributed by atoms with Crippen molar-refractivity contribution in [2.75, 3.05) is 39.1 Å². The Hall–Kier alpha value is -1.89. The van der Waals surface area contributed by atoms with Crippen molar-refractivity contribution < 1.29 is 8.42 Å². The van der Waals surface area contributed by atoms with Gasteiger partial charge in [0.25, 0.3) is 0 Å². The minimum Gasteiger partial charge on any atom is -0.374 e. The molecule has 0 amide bonds. The van der Waals surface area contributed by atoms with Gasteiger partial charge in [0.15, 0.2) is 0 Å². The average molecular weight is 402 g/mol. The molecule has 0 saturated heterocycles. The Morgan fingerprint density at radius 1 is 1.14 bits per heavy atom.